The van der Waals surface area contributed by atoms with Crippen molar-refractivity contribution in [1.29, 1.82) is 0 Å². The van der Waals surface area contributed by atoms with E-state index < -0.39 is 28.5 Å². The molecule has 11 heteroatoms. The lowest BCUT2D eigenvalue weighted by Gasteiger charge is -2.33. The number of anilines is 1. The predicted molar refractivity (Wildman–Crippen MR) is 165 cm³/mol. The van der Waals surface area contributed by atoms with E-state index in [0.717, 1.165) is 39.0 Å². The average Bonchev–Trinajstić information content (AvgIpc) is 2.92. The third-order valence-corrected chi connectivity index (χ3v) is 8.65. The molecule has 3 rings (SSSR count). The minimum atomic E-state index is -3.90. The van der Waals surface area contributed by atoms with E-state index in [1.807, 2.05) is 61.5 Å². The van der Waals surface area contributed by atoms with E-state index in [9.17, 15) is 18.0 Å². The SMILES string of the molecule is CCCCNC(=O)[C@@H](Cc1ccccc1)N(Cc1ccc(Br)cc1)C(=O)CN(c1ccc(Cl)c(Cl)c1)S(C)(=O)=O. The van der Waals surface area contributed by atoms with Gasteiger partial charge in [-0.2, -0.15) is 0 Å². The van der Waals surface area contributed by atoms with Gasteiger partial charge in [0.15, 0.2) is 0 Å². The van der Waals surface area contributed by atoms with Crippen molar-refractivity contribution in [3.8, 4) is 0 Å². The summed E-state index contributed by atoms with van der Waals surface area (Å²) in [7, 11) is -3.90. The van der Waals surface area contributed by atoms with Gasteiger partial charge in [0, 0.05) is 24.0 Å². The summed E-state index contributed by atoms with van der Waals surface area (Å²) >= 11 is 15.6. The predicted octanol–water partition coefficient (Wildman–Crippen LogP) is 6.08. The molecule has 0 saturated carbocycles. The van der Waals surface area contributed by atoms with E-state index >= 15 is 0 Å². The van der Waals surface area contributed by atoms with Crippen LogP contribution in [0.25, 0.3) is 0 Å². The number of nitrogens with one attached hydrogen (secondary N) is 1. The molecule has 0 unspecified atom stereocenters. The highest BCUT2D eigenvalue weighted by Gasteiger charge is 2.33. The van der Waals surface area contributed by atoms with Crippen molar-refractivity contribution >= 4 is 66.7 Å². The summed E-state index contributed by atoms with van der Waals surface area (Å²) in [5.74, 6) is -0.839. The van der Waals surface area contributed by atoms with E-state index in [1.54, 1.807) is 0 Å². The number of amides is 2. The Morgan fingerprint density at radius 2 is 1.62 bits per heavy atom. The molecule has 0 aliphatic rings. The molecule has 2 amide bonds. The van der Waals surface area contributed by atoms with Crippen LogP contribution >= 0.6 is 39.1 Å². The Morgan fingerprint density at radius 1 is 0.950 bits per heavy atom. The summed E-state index contributed by atoms with van der Waals surface area (Å²) in [5, 5.41) is 3.37. The summed E-state index contributed by atoms with van der Waals surface area (Å²) in [6, 6.07) is 20.3. The molecule has 0 bridgehead atoms. The van der Waals surface area contributed by atoms with Gasteiger partial charge in [-0.05, 0) is 47.9 Å². The van der Waals surface area contributed by atoms with Crippen LogP contribution < -0.4 is 9.62 Å². The maximum Gasteiger partial charge on any atom is 0.244 e. The number of hydrogen-bond donors (Lipinski definition) is 1. The van der Waals surface area contributed by atoms with Crippen LogP contribution in [0.3, 0.4) is 0 Å². The number of carbonyl (C=O) groups excluding carboxylic acids is 2. The zero-order valence-electron chi connectivity index (χ0n) is 22.3. The van der Waals surface area contributed by atoms with Gasteiger partial charge < -0.3 is 10.2 Å². The lowest BCUT2D eigenvalue weighted by Crippen LogP contribution is -2.53. The van der Waals surface area contributed by atoms with Gasteiger partial charge in [0.1, 0.15) is 12.6 Å². The van der Waals surface area contributed by atoms with Crippen molar-refractivity contribution in [3.63, 3.8) is 0 Å². The van der Waals surface area contributed by atoms with Crippen LogP contribution in [0.5, 0.6) is 0 Å². The van der Waals surface area contributed by atoms with Crippen LogP contribution in [0.4, 0.5) is 5.69 Å². The summed E-state index contributed by atoms with van der Waals surface area (Å²) in [6.07, 6.45) is 2.97. The van der Waals surface area contributed by atoms with E-state index in [-0.39, 0.29) is 34.6 Å². The second-order valence-corrected chi connectivity index (χ2v) is 13.0. The second-order valence-electron chi connectivity index (χ2n) is 9.37. The van der Waals surface area contributed by atoms with Crippen LogP contribution in [0.1, 0.15) is 30.9 Å². The normalized spacial score (nSPS) is 12.0. The van der Waals surface area contributed by atoms with Crippen LogP contribution in [0.2, 0.25) is 10.0 Å². The Morgan fingerprint density at radius 3 is 2.23 bits per heavy atom. The molecule has 0 aliphatic carbocycles. The number of sulfonamides is 1. The highest BCUT2D eigenvalue weighted by atomic mass is 79.9. The molecule has 0 fully saturated rings. The molecule has 0 spiro atoms. The molecule has 1 atom stereocenters. The fraction of sp³-hybridized carbons (Fsp3) is 0.310. The van der Waals surface area contributed by atoms with Crippen LogP contribution in [-0.2, 0) is 32.6 Å². The first-order valence-corrected chi connectivity index (χ1v) is 16.2. The Balaban J connectivity index is 2.03. The number of carbonyl (C=O) groups is 2. The van der Waals surface area contributed by atoms with Gasteiger partial charge in [0.05, 0.1) is 22.0 Å². The van der Waals surface area contributed by atoms with Crippen molar-refractivity contribution in [1.82, 2.24) is 10.2 Å². The van der Waals surface area contributed by atoms with Crippen molar-refractivity contribution in [2.75, 3.05) is 23.7 Å². The Labute approximate surface area is 254 Å². The lowest BCUT2D eigenvalue weighted by atomic mass is 10.0. The van der Waals surface area contributed by atoms with Crippen LogP contribution in [-0.4, -0.2) is 50.5 Å². The minimum absolute atomic E-state index is 0.101. The molecule has 40 heavy (non-hydrogen) atoms. The third kappa shape index (κ3) is 9.23. The first-order chi connectivity index (χ1) is 19.0. The summed E-state index contributed by atoms with van der Waals surface area (Å²) < 4.78 is 27.5. The van der Waals surface area contributed by atoms with Crippen molar-refractivity contribution < 1.29 is 18.0 Å². The molecule has 1 N–H and O–H groups in total. The highest BCUT2D eigenvalue weighted by Crippen LogP contribution is 2.29. The van der Waals surface area contributed by atoms with Gasteiger partial charge in [-0.3, -0.25) is 13.9 Å². The average molecular weight is 669 g/mol. The summed E-state index contributed by atoms with van der Waals surface area (Å²) in [6.45, 7) is 2.07. The monoisotopic (exact) mass is 667 g/mol. The molecular weight excluding hydrogens is 637 g/mol. The van der Waals surface area contributed by atoms with E-state index in [2.05, 4.69) is 21.2 Å². The number of nitrogens with zero attached hydrogens (tertiary/aromatic N) is 2. The van der Waals surface area contributed by atoms with Crippen molar-refractivity contribution in [2.45, 2.75) is 38.8 Å². The van der Waals surface area contributed by atoms with Crippen molar-refractivity contribution in [3.05, 3.63) is 98.4 Å². The Hall–Kier alpha value is -2.59. The smallest absolute Gasteiger partial charge is 0.244 e. The topological polar surface area (TPSA) is 86.8 Å². The minimum Gasteiger partial charge on any atom is -0.354 e. The molecule has 0 heterocycles. The van der Waals surface area contributed by atoms with Gasteiger partial charge in [-0.1, -0.05) is 94.9 Å². The van der Waals surface area contributed by atoms with E-state index in [1.165, 1.54) is 23.1 Å². The Bertz CT molecular complexity index is 1410. The van der Waals surface area contributed by atoms with Gasteiger partial charge in [0.25, 0.3) is 0 Å². The number of halogens is 3. The standard InChI is InChI=1S/C29H32BrCl2N3O4S/c1-3-4-16-33-29(37)27(17-21-8-6-5-7-9-21)34(19-22-10-12-23(30)13-11-22)28(36)20-35(40(2,38)39)24-14-15-25(31)26(32)18-24/h5-15,18,27H,3-4,16-17,19-20H2,1-2H3,(H,33,37)/t27-/m1/s1. The zero-order chi connectivity index (χ0) is 29.3. The number of rotatable bonds is 13. The molecule has 0 saturated heterocycles. The van der Waals surface area contributed by atoms with Crippen LogP contribution in [0, 0.1) is 0 Å². The Kier molecular flexibility index (Phi) is 11.9. The number of unbranched alkanes of at least 4 members (excludes halogenated alkanes) is 1. The molecule has 3 aromatic carbocycles. The van der Waals surface area contributed by atoms with Gasteiger partial charge in [-0.15, -0.1) is 0 Å². The molecular formula is C29H32BrCl2N3O4S. The maximum absolute atomic E-state index is 14.0. The largest absolute Gasteiger partial charge is 0.354 e. The van der Waals surface area contributed by atoms with Gasteiger partial charge >= 0.3 is 0 Å². The van der Waals surface area contributed by atoms with Gasteiger partial charge in [0.2, 0.25) is 21.8 Å². The molecule has 7 nitrogen and oxygen atoms in total. The highest BCUT2D eigenvalue weighted by molar-refractivity contribution is 9.10. The maximum atomic E-state index is 14.0. The molecule has 0 radical (unpaired) electrons. The quantitative estimate of drug-likeness (QED) is 0.224. The first kappa shape index (κ1) is 31.9. The number of hydrogen-bond acceptors (Lipinski definition) is 4. The third-order valence-electron chi connectivity index (χ3n) is 6.24. The van der Waals surface area contributed by atoms with E-state index in [4.69, 9.17) is 23.2 Å². The molecule has 0 aromatic heterocycles. The summed E-state index contributed by atoms with van der Waals surface area (Å²) in [4.78, 5) is 29.1. The van der Waals surface area contributed by atoms with Crippen LogP contribution in [0.15, 0.2) is 77.3 Å². The molecule has 214 valence electrons. The fourth-order valence-corrected chi connectivity index (χ4v) is 5.50. The number of benzene rings is 3. The zero-order valence-corrected chi connectivity index (χ0v) is 26.2. The first-order valence-electron chi connectivity index (χ1n) is 12.8. The van der Waals surface area contributed by atoms with Crippen molar-refractivity contribution in [2.24, 2.45) is 0 Å². The summed E-state index contributed by atoms with van der Waals surface area (Å²) in [5.41, 5.74) is 1.86. The molecule has 3 aromatic rings. The second kappa shape index (κ2) is 14.9. The fourth-order valence-electron chi connectivity index (χ4n) is 4.10. The van der Waals surface area contributed by atoms with E-state index in [0.29, 0.717) is 6.54 Å². The lowest BCUT2D eigenvalue weighted by molar-refractivity contribution is -0.140. The van der Waals surface area contributed by atoms with Gasteiger partial charge in [-0.25, -0.2) is 8.42 Å². The molecule has 0 aliphatic heterocycles.